The lowest BCUT2D eigenvalue weighted by molar-refractivity contribution is -0.119. The van der Waals surface area contributed by atoms with Gasteiger partial charge < -0.3 is 20.9 Å². The molecule has 3 fully saturated rings. The number of piperidine rings is 1. The minimum Gasteiger partial charge on any atom is -0.351 e. The second-order valence-corrected chi connectivity index (χ2v) is 7.01. The van der Waals surface area contributed by atoms with Gasteiger partial charge in [-0.1, -0.05) is 19.8 Å². The summed E-state index contributed by atoms with van der Waals surface area (Å²) < 4.78 is 0. The van der Waals surface area contributed by atoms with Crippen LogP contribution in [0.15, 0.2) is 0 Å². The minimum absolute atomic E-state index is 0.0726. The minimum atomic E-state index is -0.358. The molecular weight excluding hydrogens is 280 g/mol. The topological polar surface area (TPSA) is 73.5 Å². The number of urea groups is 1. The van der Waals surface area contributed by atoms with E-state index in [1.54, 1.807) is 0 Å². The first kappa shape index (κ1) is 15.6. The highest BCUT2D eigenvalue weighted by molar-refractivity contribution is 5.84. The fourth-order valence-electron chi connectivity index (χ4n) is 4.23. The van der Waals surface area contributed by atoms with Crippen molar-refractivity contribution in [3.63, 3.8) is 0 Å². The average Bonchev–Trinajstić information content (AvgIpc) is 2.83. The molecule has 2 saturated heterocycles. The fraction of sp³-hybridized carbons (Fsp3) is 0.875. The maximum absolute atomic E-state index is 12.4. The highest BCUT2D eigenvalue weighted by atomic mass is 16.2. The second-order valence-electron chi connectivity index (χ2n) is 7.01. The van der Waals surface area contributed by atoms with E-state index in [1.165, 1.54) is 0 Å². The molecule has 3 aliphatic rings. The number of hydrogen-bond donors (Lipinski definition) is 3. The Hall–Kier alpha value is -1.30. The number of fused-ring (bicyclic) bond motifs is 1. The number of carbonyl (C=O) groups is 2. The summed E-state index contributed by atoms with van der Waals surface area (Å²) in [5.74, 6) is 0.0726. The van der Waals surface area contributed by atoms with E-state index in [4.69, 9.17) is 0 Å². The molecule has 1 aliphatic carbocycles. The molecule has 124 valence electrons. The van der Waals surface area contributed by atoms with E-state index >= 15 is 0 Å². The van der Waals surface area contributed by atoms with Gasteiger partial charge in [0.2, 0.25) is 5.91 Å². The van der Waals surface area contributed by atoms with Gasteiger partial charge in [0.25, 0.3) is 0 Å². The van der Waals surface area contributed by atoms with Gasteiger partial charge in [0.05, 0.1) is 18.0 Å². The molecule has 0 unspecified atom stereocenters. The Morgan fingerprint density at radius 2 is 2.09 bits per heavy atom. The first-order chi connectivity index (χ1) is 10.6. The van der Waals surface area contributed by atoms with Crippen molar-refractivity contribution < 1.29 is 9.59 Å². The number of carbonyl (C=O) groups excluding carboxylic acids is 2. The van der Waals surface area contributed by atoms with E-state index in [0.29, 0.717) is 6.42 Å². The Morgan fingerprint density at radius 1 is 1.32 bits per heavy atom. The highest BCUT2D eigenvalue weighted by Gasteiger charge is 2.49. The van der Waals surface area contributed by atoms with Crippen LogP contribution in [0.25, 0.3) is 0 Å². The number of rotatable bonds is 3. The van der Waals surface area contributed by atoms with Crippen molar-refractivity contribution >= 4 is 11.9 Å². The third-order valence-electron chi connectivity index (χ3n) is 5.58. The molecule has 6 heteroatoms. The average molecular weight is 308 g/mol. The predicted octanol–water partition coefficient (Wildman–Crippen LogP) is 0.971. The molecule has 0 radical (unpaired) electrons. The van der Waals surface area contributed by atoms with Crippen molar-refractivity contribution in [1.82, 2.24) is 20.9 Å². The molecule has 0 aromatic heterocycles. The van der Waals surface area contributed by atoms with Gasteiger partial charge >= 0.3 is 6.03 Å². The molecule has 2 aliphatic heterocycles. The second kappa shape index (κ2) is 6.44. The largest absolute Gasteiger partial charge is 0.351 e. The van der Waals surface area contributed by atoms with Crippen LogP contribution in [0, 0.1) is 0 Å². The van der Waals surface area contributed by atoms with E-state index in [-0.39, 0.29) is 29.6 Å². The standard InChI is InChI=1S/C16H28N4O2/c1-2-20-9-6-12(7-10-20)17-15(22)19-16-8-4-3-5-13(16)18-14(21)11-16/h12-13H,2-11H2,1H3,(H,18,21)(H2,17,19,22)/t13-,16+/m0/s1. The molecule has 2 atom stereocenters. The zero-order valence-electron chi connectivity index (χ0n) is 13.5. The number of hydrogen-bond acceptors (Lipinski definition) is 3. The van der Waals surface area contributed by atoms with Crippen LogP contribution in [0.3, 0.4) is 0 Å². The van der Waals surface area contributed by atoms with Crippen LogP contribution in [0.2, 0.25) is 0 Å². The molecule has 22 heavy (non-hydrogen) atoms. The molecule has 3 N–H and O–H groups in total. The first-order valence-electron chi connectivity index (χ1n) is 8.72. The van der Waals surface area contributed by atoms with Gasteiger partial charge in [-0.25, -0.2) is 4.79 Å². The smallest absolute Gasteiger partial charge is 0.315 e. The lowest BCUT2D eigenvalue weighted by Gasteiger charge is -2.39. The van der Waals surface area contributed by atoms with Crippen LogP contribution in [-0.2, 0) is 4.79 Å². The summed E-state index contributed by atoms with van der Waals surface area (Å²) in [4.78, 5) is 26.6. The first-order valence-corrected chi connectivity index (χ1v) is 8.72. The normalized spacial score (nSPS) is 33.1. The lowest BCUT2D eigenvalue weighted by Crippen LogP contribution is -2.61. The van der Waals surface area contributed by atoms with E-state index in [2.05, 4.69) is 27.8 Å². The van der Waals surface area contributed by atoms with Crippen LogP contribution >= 0.6 is 0 Å². The molecule has 6 nitrogen and oxygen atoms in total. The van der Waals surface area contributed by atoms with E-state index < -0.39 is 0 Å². The summed E-state index contributed by atoms with van der Waals surface area (Å²) in [5, 5.41) is 9.30. The van der Waals surface area contributed by atoms with Gasteiger partial charge in [0, 0.05) is 19.1 Å². The summed E-state index contributed by atoms with van der Waals surface area (Å²) >= 11 is 0. The van der Waals surface area contributed by atoms with Gasteiger partial charge in [-0.05, 0) is 32.2 Å². The molecule has 0 bridgehead atoms. The summed E-state index contributed by atoms with van der Waals surface area (Å²) in [7, 11) is 0. The summed E-state index contributed by atoms with van der Waals surface area (Å²) in [5.41, 5.74) is -0.358. The van der Waals surface area contributed by atoms with Crippen LogP contribution < -0.4 is 16.0 Å². The van der Waals surface area contributed by atoms with E-state index in [0.717, 1.165) is 58.2 Å². The van der Waals surface area contributed by atoms with Crippen LogP contribution in [-0.4, -0.2) is 54.1 Å². The maximum atomic E-state index is 12.4. The summed E-state index contributed by atoms with van der Waals surface area (Å²) in [6.45, 7) is 5.36. The molecule has 2 heterocycles. The molecule has 0 aromatic rings. The van der Waals surface area contributed by atoms with Crippen molar-refractivity contribution in [1.29, 1.82) is 0 Å². The van der Waals surface area contributed by atoms with Gasteiger partial charge in [0.15, 0.2) is 0 Å². The Balaban J connectivity index is 1.54. The monoisotopic (exact) mass is 308 g/mol. The molecule has 0 aromatic carbocycles. The van der Waals surface area contributed by atoms with E-state index in [9.17, 15) is 9.59 Å². The van der Waals surface area contributed by atoms with Crippen molar-refractivity contribution in [2.24, 2.45) is 0 Å². The number of nitrogens with zero attached hydrogens (tertiary/aromatic N) is 1. The third-order valence-corrected chi connectivity index (χ3v) is 5.58. The van der Waals surface area contributed by atoms with Crippen LogP contribution in [0.4, 0.5) is 4.79 Å². The van der Waals surface area contributed by atoms with Gasteiger partial charge in [-0.2, -0.15) is 0 Å². The maximum Gasteiger partial charge on any atom is 0.315 e. The zero-order chi connectivity index (χ0) is 15.6. The van der Waals surface area contributed by atoms with Crippen LogP contribution in [0.5, 0.6) is 0 Å². The Labute approximate surface area is 132 Å². The summed E-state index contributed by atoms with van der Waals surface area (Å²) in [6.07, 6.45) is 6.54. The molecule has 3 amide bonds. The van der Waals surface area contributed by atoms with Crippen molar-refractivity contribution in [3.8, 4) is 0 Å². The number of amides is 3. The molecular formula is C16H28N4O2. The van der Waals surface area contributed by atoms with Crippen molar-refractivity contribution in [3.05, 3.63) is 0 Å². The van der Waals surface area contributed by atoms with E-state index in [1.807, 2.05) is 0 Å². The third kappa shape index (κ3) is 3.21. The van der Waals surface area contributed by atoms with Crippen LogP contribution in [0.1, 0.15) is 51.9 Å². The molecule has 3 rings (SSSR count). The molecule has 1 saturated carbocycles. The van der Waals surface area contributed by atoms with Crippen molar-refractivity contribution in [2.75, 3.05) is 19.6 Å². The van der Waals surface area contributed by atoms with Gasteiger partial charge in [-0.15, -0.1) is 0 Å². The lowest BCUT2D eigenvalue weighted by atomic mass is 9.78. The quantitative estimate of drug-likeness (QED) is 0.727. The fourth-order valence-corrected chi connectivity index (χ4v) is 4.23. The molecule has 0 spiro atoms. The number of nitrogens with one attached hydrogen (secondary N) is 3. The Kier molecular flexibility index (Phi) is 4.57. The highest BCUT2D eigenvalue weighted by Crippen LogP contribution is 2.35. The van der Waals surface area contributed by atoms with Gasteiger partial charge in [0.1, 0.15) is 0 Å². The SMILES string of the molecule is CCN1CCC(NC(=O)N[C@@]23CCCC[C@@H]2NC(=O)C3)CC1. The predicted molar refractivity (Wildman–Crippen MR) is 84.6 cm³/mol. The zero-order valence-corrected chi connectivity index (χ0v) is 13.5. The summed E-state index contributed by atoms with van der Waals surface area (Å²) in [6, 6.07) is 0.270. The Morgan fingerprint density at radius 3 is 2.82 bits per heavy atom. The van der Waals surface area contributed by atoms with Crippen molar-refractivity contribution in [2.45, 2.75) is 69.5 Å². The Bertz CT molecular complexity index is 434. The van der Waals surface area contributed by atoms with Gasteiger partial charge in [-0.3, -0.25) is 4.79 Å². The number of likely N-dealkylation sites (tertiary alicyclic amines) is 1.